The molecule has 1 rings (SSSR count). The number of carboxylic acids is 1. The lowest BCUT2D eigenvalue weighted by Crippen LogP contribution is -2.47. The smallest absolute Gasteiger partial charge is 0.326 e. The van der Waals surface area contributed by atoms with Crippen LogP contribution in [0.2, 0.25) is 4.34 Å². The number of halogens is 1. The molecule has 20 heavy (non-hydrogen) atoms. The van der Waals surface area contributed by atoms with Gasteiger partial charge in [-0.25, -0.2) is 9.59 Å². The Bertz CT molecular complexity index is 462. The minimum absolute atomic E-state index is 0.199. The number of rotatable bonds is 7. The van der Waals surface area contributed by atoms with Crippen LogP contribution in [0, 0.1) is 5.92 Å². The van der Waals surface area contributed by atoms with Gasteiger partial charge in [0.25, 0.3) is 0 Å². The average Bonchev–Trinajstić information content (AvgIpc) is 2.73. The molecule has 0 aliphatic heterocycles. The first-order chi connectivity index (χ1) is 9.38. The van der Waals surface area contributed by atoms with Crippen molar-refractivity contribution in [2.75, 3.05) is 6.54 Å². The van der Waals surface area contributed by atoms with Gasteiger partial charge >= 0.3 is 12.0 Å². The second kappa shape index (κ2) is 8.11. The molecule has 7 heteroatoms. The van der Waals surface area contributed by atoms with Gasteiger partial charge in [-0.3, -0.25) is 0 Å². The van der Waals surface area contributed by atoms with Crippen LogP contribution < -0.4 is 10.6 Å². The van der Waals surface area contributed by atoms with Gasteiger partial charge in [-0.1, -0.05) is 25.4 Å². The summed E-state index contributed by atoms with van der Waals surface area (Å²) >= 11 is 7.27. The molecule has 0 spiro atoms. The van der Waals surface area contributed by atoms with Crippen molar-refractivity contribution in [1.82, 2.24) is 10.6 Å². The van der Waals surface area contributed by atoms with Gasteiger partial charge in [0.2, 0.25) is 0 Å². The third-order valence-corrected chi connectivity index (χ3v) is 3.89. The van der Waals surface area contributed by atoms with E-state index in [0.29, 0.717) is 23.7 Å². The largest absolute Gasteiger partial charge is 0.480 e. The number of aliphatic carboxylic acids is 1. The molecule has 5 nitrogen and oxygen atoms in total. The molecule has 0 fully saturated rings. The highest BCUT2D eigenvalue weighted by Gasteiger charge is 2.20. The third-order valence-electron chi connectivity index (χ3n) is 2.60. The summed E-state index contributed by atoms with van der Waals surface area (Å²) < 4.78 is 0.715. The van der Waals surface area contributed by atoms with Crippen molar-refractivity contribution in [3.63, 3.8) is 0 Å². The summed E-state index contributed by atoms with van der Waals surface area (Å²) in [4.78, 5) is 23.7. The van der Waals surface area contributed by atoms with Gasteiger partial charge in [0.1, 0.15) is 6.04 Å². The summed E-state index contributed by atoms with van der Waals surface area (Å²) in [6.07, 6.45) is 1.08. The van der Waals surface area contributed by atoms with Gasteiger partial charge < -0.3 is 15.7 Å². The van der Waals surface area contributed by atoms with Crippen LogP contribution in [-0.2, 0) is 11.2 Å². The van der Waals surface area contributed by atoms with Crippen molar-refractivity contribution in [2.24, 2.45) is 5.92 Å². The van der Waals surface area contributed by atoms with Crippen LogP contribution in [-0.4, -0.2) is 29.7 Å². The predicted octanol–water partition coefficient (Wildman–Crippen LogP) is 2.74. The Morgan fingerprint density at radius 2 is 2.10 bits per heavy atom. The fraction of sp³-hybridized carbons (Fsp3) is 0.538. The second-order valence-electron chi connectivity index (χ2n) is 4.88. The van der Waals surface area contributed by atoms with E-state index in [2.05, 4.69) is 10.6 Å². The number of carbonyl (C=O) groups is 2. The number of hydrogen-bond acceptors (Lipinski definition) is 3. The normalized spacial score (nSPS) is 12.2. The van der Waals surface area contributed by atoms with E-state index in [0.717, 1.165) is 4.88 Å². The Morgan fingerprint density at radius 3 is 2.60 bits per heavy atom. The summed E-state index contributed by atoms with van der Waals surface area (Å²) in [5.74, 6) is -0.816. The lowest BCUT2D eigenvalue weighted by molar-refractivity contribution is -0.139. The summed E-state index contributed by atoms with van der Waals surface area (Å²) in [6.45, 7) is 4.27. The molecule has 0 aromatic carbocycles. The number of hydrogen-bond donors (Lipinski definition) is 3. The Hall–Kier alpha value is -1.27. The molecule has 1 unspecified atom stereocenters. The molecule has 0 aliphatic rings. The number of amides is 2. The molecular weight excluding hydrogens is 300 g/mol. The van der Waals surface area contributed by atoms with Crippen molar-refractivity contribution in [1.29, 1.82) is 0 Å². The van der Waals surface area contributed by atoms with Gasteiger partial charge in [-0.05, 0) is 30.9 Å². The molecule has 0 saturated carbocycles. The molecule has 0 radical (unpaired) electrons. The minimum atomic E-state index is -1.01. The number of urea groups is 1. The van der Waals surface area contributed by atoms with E-state index in [1.54, 1.807) is 0 Å². The fourth-order valence-electron chi connectivity index (χ4n) is 1.69. The van der Waals surface area contributed by atoms with Crippen LogP contribution in [0.3, 0.4) is 0 Å². The molecule has 1 heterocycles. The van der Waals surface area contributed by atoms with Crippen LogP contribution in [0.25, 0.3) is 0 Å². The molecule has 0 saturated heterocycles. The van der Waals surface area contributed by atoms with Crippen LogP contribution in [0.15, 0.2) is 12.1 Å². The van der Waals surface area contributed by atoms with Crippen molar-refractivity contribution in [3.05, 3.63) is 21.3 Å². The fourth-order valence-corrected chi connectivity index (χ4v) is 2.77. The molecule has 3 N–H and O–H groups in total. The van der Waals surface area contributed by atoms with E-state index in [9.17, 15) is 9.59 Å². The maximum absolute atomic E-state index is 11.6. The van der Waals surface area contributed by atoms with E-state index in [1.165, 1.54) is 11.3 Å². The zero-order valence-corrected chi connectivity index (χ0v) is 13.1. The van der Waals surface area contributed by atoms with Gasteiger partial charge in [0.05, 0.1) is 4.34 Å². The lowest BCUT2D eigenvalue weighted by atomic mass is 10.0. The monoisotopic (exact) mass is 318 g/mol. The average molecular weight is 319 g/mol. The first-order valence-electron chi connectivity index (χ1n) is 6.40. The summed E-state index contributed by atoms with van der Waals surface area (Å²) in [7, 11) is 0. The standard InChI is InChI=1S/C13H19ClN2O3S/c1-8(2)7-10(12(17)18)16-13(19)15-6-5-9-3-4-11(14)20-9/h3-4,8,10H,5-7H2,1-2H3,(H,17,18)(H2,15,16,19). The summed E-state index contributed by atoms with van der Waals surface area (Å²) in [6, 6.07) is 2.41. The number of carbonyl (C=O) groups excluding carboxylic acids is 1. The highest BCUT2D eigenvalue weighted by Crippen LogP contribution is 2.21. The zero-order valence-electron chi connectivity index (χ0n) is 11.5. The quantitative estimate of drug-likeness (QED) is 0.723. The highest BCUT2D eigenvalue weighted by molar-refractivity contribution is 7.16. The maximum Gasteiger partial charge on any atom is 0.326 e. The molecule has 1 aromatic heterocycles. The third kappa shape index (κ3) is 6.25. The first kappa shape index (κ1) is 16.8. The zero-order chi connectivity index (χ0) is 15.1. The van der Waals surface area contributed by atoms with E-state index in [4.69, 9.17) is 16.7 Å². The van der Waals surface area contributed by atoms with Crippen LogP contribution in [0.5, 0.6) is 0 Å². The Labute approximate surface area is 127 Å². The molecule has 0 aliphatic carbocycles. The van der Waals surface area contributed by atoms with Crippen molar-refractivity contribution in [2.45, 2.75) is 32.7 Å². The van der Waals surface area contributed by atoms with Crippen LogP contribution >= 0.6 is 22.9 Å². The van der Waals surface area contributed by atoms with Crippen molar-refractivity contribution >= 4 is 34.9 Å². The van der Waals surface area contributed by atoms with Gasteiger partial charge in [-0.2, -0.15) is 0 Å². The first-order valence-corrected chi connectivity index (χ1v) is 7.59. The van der Waals surface area contributed by atoms with Gasteiger partial charge in [-0.15, -0.1) is 11.3 Å². The topological polar surface area (TPSA) is 78.4 Å². The van der Waals surface area contributed by atoms with Crippen LogP contribution in [0.1, 0.15) is 25.1 Å². The number of nitrogens with one attached hydrogen (secondary N) is 2. The highest BCUT2D eigenvalue weighted by atomic mass is 35.5. The minimum Gasteiger partial charge on any atom is -0.480 e. The Morgan fingerprint density at radius 1 is 1.40 bits per heavy atom. The van der Waals surface area contributed by atoms with Gasteiger partial charge in [0.15, 0.2) is 0 Å². The summed E-state index contributed by atoms with van der Waals surface area (Å²) in [5.41, 5.74) is 0. The lowest BCUT2D eigenvalue weighted by Gasteiger charge is -2.16. The van der Waals surface area contributed by atoms with E-state index in [-0.39, 0.29) is 5.92 Å². The molecule has 1 aromatic rings. The molecule has 0 bridgehead atoms. The Kier molecular flexibility index (Phi) is 6.81. The summed E-state index contributed by atoms with van der Waals surface area (Å²) in [5, 5.41) is 14.1. The SMILES string of the molecule is CC(C)CC(NC(=O)NCCc1ccc(Cl)s1)C(=O)O. The van der Waals surface area contributed by atoms with E-state index < -0.39 is 18.0 Å². The van der Waals surface area contributed by atoms with E-state index in [1.807, 2.05) is 26.0 Å². The van der Waals surface area contributed by atoms with Crippen molar-refractivity contribution in [3.8, 4) is 0 Å². The second-order valence-corrected chi connectivity index (χ2v) is 6.68. The maximum atomic E-state index is 11.6. The molecule has 2 amide bonds. The molecule has 1 atom stereocenters. The van der Waals surface area contributed by atoms with E-state index >= 15 is 0 Å². The Balaban J connectivity index is 2.32. The predicted molar refractivity (Wildman–Crippen MR) is 80.4 cm³/mol. The van der Waals surface area contributed by atoms with Crippen molar-refractivity contribution < 1.29 is 14.7 Å². The van der Waals surface area contributed by atoms with Gasteiger partial charge in [0, 0.05) is 11.4 Å². The number of thiophene rings is 1. The number of carboxylic acid groups (broad SMARTS) is 1. The van der Waals surface area contributed by atoms with Crippen LogP contribution in [0.4, 0.5) is 4.79 Å². The molecule has 112 valence electrons. The molecular formula is C13H19ClN2O3S.